The zero-order chi connectivity index (χ0) is 18.0. The molecule has 2 aliphatic rings. The van der Waals surface area contributed by atoms with Crippen LogP contribution in [0.15, 0.2) is 5.16 Å². The molecule has 1 amide bonds. The maximum absolute atomic E-state index is 11.3. The summed E-state index contributed by atoms with van der Waals surface area (Å²) in [4.78, 5) is 17.4. The number of unbranched alkanes of at least 4 members (excludes halogenated alkanes) is 1. The molecule has 2 fully saturated rings. The third-order valence-electron chi connectivity index (χ3n) is 6.60. The van der Waals surface area contributed by atoms with Gasteiger partial charge in [0.2, 0.25) is 5.91 Å². The second kappa shape index (κ2) is 7.45. The number of amides is 1. The van der Waals surface area contributed by atoms with Gasteiger partial charge in [0, 0.05) is 16.7 Å². The first-order valence-corrected chi connectivity index (χ1v) is 9.71. The number of hydrogen-bond donors (Lipinski definition) is 1. The van der Waals surface area contributed by atoms with Crippen molar-refractivity contribution in [2.24, 2.45) is 33.6 Å². The molecule has 0 heterocycles. The van der Waals surface area contributed by atoms with Crippen LogP contribution in [-0.2, 0) is 9.63 Å². The Labute approximate surface area is 147 Å². The van der Waals surface area contributed by atoms with E-state index in [9.17, 15) is 4.79 Å². The third-order valence-corrected chi connectivity index (χ3v) is 6.60. The summed E-state index contributed by atoms with van der Waals surface area (Å²) in [5, 5.41) is 4.60. The number of nitrogens with two attached hydrogens (primary N) is 1. The van der Waals surface area contributed by atoms with Crippen LogP contribution >= 0.6 is 0 Å². The Morgan fingerprint density at radius 1 is 1.33 bits per heavy atom. The Balaban J connectivity index is 2.02. The molecule has 2 rings (SSSR count). The SMILES string of the molecule is CCCCC(CCC(C)C(N)=O)=NOC1C2(C)CCC(C2)C1(C)C. The normalized spacial score (nSPS) is 32.8. The number of hydrogen-bond acceptors (Lipinski definition) is 3. The first-order valence-electron chi connectivity index (χ1n) is 9.71. The summed E-state index contributed by atoms with van der Waals surface area (Å²) >= 11 is 0. The lowest BCUT2D eigenvalue weighted by molar-refractivity contribution is -0.121. The van der Waals surface area contributed by atoms with Gasteiger partial charge in [-0.3, -0.25) is 4.79 Å². The number of fused-ring (bicyclic) bond motifs is 2. The van der Waals surface area contributed by atoms with Crippen LogP contribution in [-0.4, -0.2) is 17.7 Å². The Morgan fingerprint density at radius 3 is 2.58 bits per heavy atom. The molecular weight excluding hydrogens is 300 g/mol. The van der Waals surface area contributed by atoms with Crippen molar-refractivity contribution in [1.82, 2.24) is 0 Å². The summed E-state index contributed by atoms with van der Waals surface area (Å²) in [6, 6.07) is 0. The number of carbonyl (C=O) groups excluding carboxylic acids is 1. The van der Waals surface area contributed by atoms with Crippen molar-refractivity contribution in [2.75, 3.05) is 0 Å². The van der Waals surface area contributed by atoms with Crippen molar-refractivity contribution >= 4 is 11.6 Å². The van der Waals surface area contributed by atoms with Crippen molar-refractivity contribution in [1.29, 1.82) is 0 Å². The van der Waals surface area contributed by atoms with E-state index in [0.717, 1.165) is 43.7 Å². The largest absolute Gasteiger partial charge is 0.391 e. The molecule has 4 nitrogen and oxygen atoms in total. The minimum Gasteiger partial charge on any atom is -0.391 e. The number of carbonyl (C=O) groups is 1. The smallest absolute Gasteiger partial charge is 0.220 e. The molecule has 4 heteroatoms. The highest BCUT2D eigenvalue weighted by atomic mass is 16.6. The van der Waals surface area contributed by atoms with Crippen LogP contribution in [0.4, 0.5) is 0 Å². The molecule has 4 unspecified atom stereocenters. The van der Waals surface area contributed by atoms with E-state index in [1.807, 2.05) is 6.92 Å². The van der Waals surface area contributed by atoms with E-state index in [0.29, 0.717) is 0 Å². The molecule has 0 aromatic rings. The van der Waals surface area contributed by atoms with Gasteiger partial charge in [-0.15, -0.1) is 0 Å². The Bertz CT molecular complexity index is 481. The molecular formula is C20H36N2O2. The van der Waals surface area contributed by atoms with Gasteiger partial charge in [-0.05, 0) is 50.9 Å². The zero-order valence-corrected chi connectivity index (χ0v) is 16.2. The minimum atomic E-state index is -0.229. The van der Waals surface area contributed by atoms with Gasteiger partial charge in [-0.1, -0.05) is 46.2 Å². The molecule has 0 aromatic carbocycles. The summed E-state index contributed by atoms with van der Waals surface area (Å²) in [7, 11) is 0. The van der Waals surface area contributed by atoms with E-state index in [1.54, 1.807) is 0 Å². The molecule has 0 saturated heterocycles. The van der Waals surface area contributed by atoms with Crippen molar-refractivity contribution in [2.45, 2.75) is 92.1 Å². The maximum Gasteiger partial charge on any atom is 0.220 e. The maximum atomic E-state index is 11.3. The van der Waals surface area contributed by atoms with Crippen molar-refractivity contribution in [3.63, 3.8) is 0 Å². The fourth-order valence-corrected chi connectivity index (χ4v) is 4.77. The van der Waals surface area contributed by atoms with Crippen molar-refractivity contribution < 1.29 is 9.63 Å². The zero-order valence-electron chi connectivity index (χ0n) is 16.2. The van der Waals surface area contributed by atoms with E-state index in [2.05, 4.69) is 32.9 Å². The fourth-order valence-electron chi connectivity index (χ4n) is 4.77. The lowest BCUT2D eigenvalue weighted by Crippen LogP contribution is -2.41. The second-order valence-corrected chi connectivity index (χ2v) is 9.00. The van der Waals surface area contributed by atoms with Crippen LogP contribution in [0.5, 0.6) is 0 Å². The standard InChI is InChI=1S/C20H36N2O2/c1-6-7-8-16(10-9-14(2)17(21)23)22-24-18-19(3,4)15-11-12-20(18,5)13-15/h14-15,18H,6-13H2,1-5H3,(H2,21,23). The quantitative estimate of drug-likeness (QED) is 0.491. The van der Waals surface area contributed by atoms with E-state index in [-0.39, 0.29) is 28.8 Å². The van der Waals surface area contributed by atoms with Crippen LogP contribution < -0.4 is 5.73 Å². The van der Waals surface area contributed by atoms with Gasteiger partial charge in [0.15, 0.2) is 0 Å². The molecule has 2 N–H and O–H groups in total. The molecule has 4 atom stereocenters. The molecule has 0 aromatic heterocycles. The molecule has 0 spiro atoms. The van der Waals surface area contributed by atoms with E-state index in [4.69, 9.17) is 10.6 Å². The number of rotatable bonds is 9. The fraction of sp³-hybridized carbons (Fsp3) is 0.900. The summed E-state index contributed by atoms with van der Waals surface area (Å²) in [5.74, 6) is 0.428. The van der Waals surface area contributed by atoms with Crippen LogP contribution in [0.25, 0.3) is 0 Å². The van der Waals surface area contributed by atoms with Gasteiger partial charge in [0.05, 0.1) is 5.71 Å². The molecule has 0 aliphatic heterocycles. The number of primary amides is 1. The predicted octanol–water partition coefficient (Wildman–Crippen LogP) is 4.67. The molecule has 0 radical (unpaired) electrons. The second-order valence-electron chi connectivity index (χ2n) is 9.00. The minimum absolute atomic E-state index is 0.103. The highest BCUT2D eigenvalue weighted by Crippen LogP contribution is 2.63. The summed E-state index contributed by atoms with van der Waals surface area (Å²) in [5.41, 5.74) is 6.94. The van der Waals surface area contributed by atoms with Gasteiger partial charge >= 0.3 is 0 Å². The number of nitrogens with zero attached hydrogens (tertiary/aromatic N) is 1. The Kier molecular flexibility index (Phi) is 5.98. The third kappa shape index (κ3) is 3.94. The Hall–Kier alpha value is -1.06. The molecule has 2 bridgehead atoms. The van der Waals surface area contributed by atoms with Gasteiger partial charge < -0.3 is 10.6 Å². The molecule has 2 saturated carbocycles. The van der Waals surface area contributed by atoms with Crippen molar-refractivity contribution in [3.05, 3.63) is 0 Å². The summed E-state index contributed by atoms with van der Waals surface area (Å²) < 4.78 is 0. The average molecular weight is 337 g/mol. The van der Waals surface area contributed by atoms with Gasteiger partial charge in [0.1, 0.15) is 6.10 Å². The molecule has 138 valence electrons. The van der Waals surface area contributed by atoms with Crippen LogP contribution in [0, 0.1) is 22.7 Å². The topological polar surface area (TPSA) is 64.7 Å². The highest BCUT2D eigenvalue weighted by Gasteiger charge is 2.61. The monoisotopic (exact) mass is 336 g/mol. The van der Waals surface area contributed by atoms with Gasteiger partial charge in [-0.2, -0.15) is 0 Å². The predicted molar refractivity (Wildman–Crippen MR) is 98.7 cm³/mol. The summed E-state index contributed by atoms with van der Waals surface area (Å²) in [6.45, 7) is 11.1. The Morgan fingerprint density at radius 2 is 2.04 bits per heavy atom. The average Bonchev–Trinajstić information content (AvgIpc) is 2.99. The van der Waals surface area contributed by atoms with E-state index < -0.39 is 0 Å². The first kappa shape index (κ1) is 19.3. The first-order chi connectivity index (χ1) is 11.2. The molecule has 24 heavy (non-hydrogen) atoms. The lowest BCUT2D eigenvalue weighted by Gasteiger charge is -2.40. The lowest BCUT2D eigenvalue weighted by atomic mass is 9.70. The van der Waals surface area contributed by atoms with E-state index >= 15 is 0 Å². The highest BCUT2D eigenvalue weighted by molar-refractivity contribution is 5.84. The van der Waals surface area contributed by atoms with Gasteiger partial charge in [0.25, 0.3) is 0 Å². The van der Waals surface area contributed by atoms with E-state index in [1.165, 1.54) is 19.3 Å². The van der Waals surface area contributed by atoms with Crippen molar-refractivity contribution in [3.8, 4) is 0 Å². The van der Waals surface area contributed by atoms with Crippen LogP contribution in [0.2, 0.25) is 0 Å². The summed E-state index contributed by atoms with van der Waals surface area (Å²) in [6.07, 6.45) is 8.82. The van der Waals surface area contributed by atoms with Crippen LogP contribution in [0.1, 0.15) is 86.0 Å². The number of oxime groups is 1. The van der Waals surface area contributed by atoms with Gasteiger partial charge in [-0.25, -0.2) is 0 Å². The molecule has 2 aliphatic carbocycles. The van der Waals surface area contributed by atoms with Crippen LogP contribution in [0.3, 0.4) is 0 Å².